The van der Waals surface area contributed by atoms with Gasteiger partial charge in [0.2, 0.25) is 27.8 Å². The van der Waals surface area contributed by atoms with E-state index in [1.165, 1.54) is 22.7 Å². The summed E-state index contributed by atoms with van der Waals surface area (Å²) in [5, 5.41) is 16.5. The molecule has 5 heterocycles. The number of aromatic amines is 1. The van der Waals surface area contributed by atoms with Crippen molar-refractivity contribution in [2.75, 3.05) is 65.4 Å². The van der Waals surface area contributed by atoms with Gasteiger partial charge >= 0.3 is 0 Å². The van der Waals surface area contributed by atoms with E-state index in [0.717, 1.165) is 37.1 Å². The van der Waals surface area contributed by atoms with Crippen LogP contribution >= 0.6 is 0 Å². The Bertz CT molecular complexity index is 2450. The Hall–Kier alpha value is -5.65. The van der Waals surface area contributed by atoms with E-state index in [0.29, 0.717) is 96.6 Å². The van der Waals surface area contributed by atoms with Crippen molar-refractivity contribution in [3.05, 3.63) is 95.2 Å². The average molecular weight is 813 g/mol. The minimum absolute atomic E-state index is 0.210. The van der Waals surface area contributed by atoms with Gasteiger partial charge in [-0.1, -0.05) is 24.3 Å². The lowest BCUT2D eigenvalue weighted by Crippen LogP contribution is -2.44. The van der Waals surface area contributed by atoms with Gasteiger partial charge in [-0.25, -0.2) is 17.2 Å². The molecule has 58 heavy (non-hydrogen) atoms. The summed E-state index contributed by atoms with van der Waals surface area (Å²) in [7, 11) is -3.47. The van der Waals surface area contributed by atoms with Crippen LogP contribution in [-0.4, -0.2) is 86.8 Å². The summed E-state index contributed by atoms with van der Waals surface area (Å²) in [6.07, 6.45) is 6.47. The van der Waals surface area contributed by atoms with Crippen LogP contribution in [0.15, 0.2) is 66.9 Å². The van der Waals surface area contributed by atoms with Gasteiger partial charge in [-0.2, -0.15) is 9.97 Å². The maximum absolute atomic E-state index is 15.6. The van der Waals surface area contributed by atoms with Crippen LogP contribution in [0.4, 0.5) is 43.3 Å². The zero-order chi connectivity index (χ0) is 40.4. The molecule has 6 N–H and O–H groups in total. The number of carbonyl (C=O) groups is 2. The number of hydrogen-bond acceptors (Lipinski definition) is 11. The van der Waals surface area contributed by atoms with Gasteiger partial charge < -0.3 is 31.2 Å². The molecule has 0 spiro atoms. The molecule has 5 aromatic rings. The first-order valence-corrected chi connectivity index (χ1v) is 21.4. The van der Waals surface area contributed by atoms with E-state index in [4.69, 9.17) is 4.98 Å². The summed E-state index contributed by atoms with van der Waals surface area (Å²) in [4.78, 5) is 38.0. The van der Waals surface area contributed by atoms with Crippen molar-refractivity contribution in [2.24, 2.45) is 0 Å². The van der Waals surface area contributed by atoms with Crippen molar-refractivity contribution in [3.8, 4) is 0 Å². The number of carbonyl (C=O) groups excluding carboxylic acids is 2. The van der Waals surface area contributed by atoms with Crippen LogP contribution in [0, 0.1) is 11.6 Å². The zero-order valence-corrected chi connectivity index (χ0v) is 32.9. The number of piperidine rings is 2. The van der Waals surface area contributed by atoms with Crippen molar-refractivity contribution in [2.45, 2.75) is 50.5 Å². The van der Waals surface area contributed by atoms with Gasteiger partial charge in [-0.15, -0.1) is 0 Å². The third-order valence-electron chi connectivity index (χ3n) is 11.1. The second-order valence-corrected chi connectivity index (χ2v) is 16.9. The first-order chi connectivity index (χ1) is 28.0. The molecule has 8 rings (SSSR count). The highest BCUT2D eigenvalue weighted by atomic mass is 32.2. The van der Waals surface area contributed by atoms with Crippen molar-refractivity contribution < 1.29 is 26.8 Å². The third-order valence-corrected chi connectivity index (χ3v) is 12.2. The topological polar surface area (TPSA) is 176 Å². The molecule has 304 valence electrons. The largest absolute Gasteiger partial charge is 0.369 e. The van der Waals surface area contributed by atoms with Gasteiger partial charge in [0.25, 0.3) is 0 Å². The fourth-order valence-corrected chi connectivity index (χ4v) is 9.06. The van der Waals surface area contributed by atoms with Gasteiger partial charge in [0, 0.05) is 62.6 Å². The maximum atomic E-state index is 15.6. The number of rotatable bonds is 14. The van der Waals surface area contributed by atoms with E-state index in [2.05, 4.69) is 41.5 Å². The highest BCUT2D eigenvalue weighted by molar-refractivity contribution is 7.92. The summed E-state index contributed by atoms with van der Waals surface area (Å²) in [5.74, 6) is -1.46. The molecule has 0 saturated carbocycles. The van der Waals surface area contributed by atoms with Crippen LogP contribution in [0.5, 0.6) is 0 Å². The number of halogens is 2. The Balaban J connectivity index is 0.805. The molecule has 0 bridgehead atoms. The van der Waals surface area contributed by atoms with Crippen LogP contribution in [0.2, 0.25) is 0 Å². The van der Waals surface area contributed by atoms with Crippen molar-refractivity contribution in [1.29, 1.82) is 0 Å². The number of nitrogens with one attached hydrogen (secondary N) is 6. The molecule has 3 aliphatic heterocycles. The summed E-state index contributed by atoms with van der Waals surface area (Å²) < 4.78 is 56.9. The Kier molecular flexibility index (Phi) is 11.3. The Morgan fingerprint density at radius 3 is 2.50 bits per heavy atom. The average Bonchev–Trinajstić information content (AvgIpc) is 3.86. The molecule has 3 aliphatic rings. The van der Waals surface area contributed by atoms with Gasteiger partial charge in [-0.05, 0) is 86.2 Å². The molecule has 1 unspecified atom stereocenters. The maximum Gasteiger partial charge on any atom is 0.234 e. The molecule has 1 atom stereocenters. The molecule has 17 heteroatoms. The Morgan fingerprint density at radius 2 is 1.72 bits per heavy atom. The quantitative estimate of drug-likeness (QED) is 0.0661. The minimum atomic E-state index is -3.47. The Morgan fingerprint density at radius 1 is 0.879 bits per heavy atom. The first kappa shape index (κ1) is 39.2. The molecule has 0 radical (unpaired) electrons. The number of benzene rings is 3. The number of imide groups is 1. The molecule has 2 fully saturated rings. The standard InChI is InChI=1S/C41H46F2N10O4S/c1-58(56,57)53-22-13-26-3-2-4-34(37(26)53)48-39-31-12-17-46-38(31)50-41(51-39)47-28-6-9-35(33(43)24-28)52-20-14-27(15-21-52)45-19-18-44-16-11-25-5-7-29(32(42)23-25)30-8-10-36(54)49-40(30)55/h2-7,9,12,17,23-24,27,30,44-45H,8,10-11,13-16,18-22H2,1H3,(H,49,54,55)(H3,46,47,48,50,51). The lowest BCUT2D eigenvalue weighted by Gasteiger charge is -2.34. The number of sulfonamides is 1. The molecule has 2 amide bonds. The molecule has 2 aromatic heterocycles. The van der Waals surface area contributed by atoms with Crippen molar-refractivity contribution in [1.82, 2.24) is 30.9 Å². The second-order valence-electron chi connectivity index (χ2n) is 15.0. The lowest BCUT2D eigenvalue weighted by molar-refractivity contribution is -0.134. The number of H-pyrrole nitrogens is 1. The SMILES string of the molecule is CS(=O)(=O)N1CCc2cccc(Nc3nc(Nc4ccc(N5CCC(NCCNCCc6ccc(C7CCC(=O)NC7=O)c(F)c6)CC5)c(F)c4)nc4[nH]ccc34)c21. The summed E-state index contributed by atoms with van der Waals surface area (Å²) in [6, 6.07) is 17.8. The lowest BCUT2D eigenvalue weighted by atomic mass is 9.89. The molecule has 2 saturated heterocycles. The number of aromatic nitrogens is 3. The van der Waals surface area contributed by atoms with Gasteiger partial charge in [0.1, 0.15) is 23.1 Å². The highest BCUT2D eigenvalue weighted by Gasteiger charge is 2.31. The smallest absolute Gasteiger partial charge is 0.234 e. The molecule has 14 nitrogen and oxygen atoms in total. The first-order valence-electron chi connectivity index (χ1n) is 19.6. The van der Waals surface area contributed by atoms with Crippen LogP contribution in [0.25, 0.3) is 11.0 Å². The minimum Gasteiger partial charge on any atom is -0.369 e. The molecule has 0 aliphatic carbocycles. The van der Waals surface area contributed by atoms with Crippen LogP contribution in [0.3, 0.4) is 0 Å². The zero-order valence-electron chi connectivity index (χ0n) is 32.1. The predicted molar refractivity (Wildman–Crippen MR) is 221 cm³/mol. The summed E-state index contributed by atoms with van der Waals surface area (Å²) in [5.41, 5.74) is 4.89. The number of anilines is 6. The number of hydrogen-bond donors (Lipinski definition) is 6. The van der Waals surface area contributed by atoms with Gasteiger partial charge in [0.05, 0.1) is 34.6 Å². The third kappa shape index (κ3) is 8.61. The van der Waals surface area contributed by atoms with E-state index in [1.54, 1.807) is 24.4 Å². The monoisotopic (exact) mass is 812 g/mol. The van der Waals surface area contributed by atoms with E-state index in [9.17, 15) is 22.4 Å². The normalized spacial score (nSPS) is 17.5. The summed E-state index contributed by atoms with van der Waals surface area (Å²) >= 11 is 0. The highest BCUT2D eigenvalue weighted by Crippen LogP contribution is 2.39. The predicted octanol–water partition coefficient (Wildman–Crippen LogP) is 4.96. The molecular weight excluding hydrogens is 767 g/mol. The van der Waals surface area contributed by atoms with Gasteiger partial charge in [-0.3, -0.25) is 19.2 Å². The van der Waals surface area contributed by atoms with Crippen molar-refractivity contribution in [3.63, 3.8) is 0 Å². The van der Waals surface area contributed by atoms with E-state index in [-0.39, 0.29) is 24.1 Å². The number of fused-ring (bicyclic) bond motifs is 2. The van der Waals surface area contributed by atoms with E-state index >= 15 is 4.39 Å². The van der Waals surface area contributed by atoms with E-state index < -0.39 is 27.7 Å². The van der Waals surface area contributed by atoms with Crippen molar-refractivity contribution >= 4 is 67.4 Å². The van der Waals surface area contributed by atoms with Crippen LogP contribution in [-0.2, 0) is 32.5 Å². The van der Waals surface area contributed by atoms with Crippen LogP contribution in [0.1, 0.15) is 48.3 Å². The number of nitrogens with zero attached hydrogens (tertiary/aromatic N) is 4. The second kappa shape index (κ2) is 16.7. The number of amides is 2. The number of para-hydroxylation sites is 1. The van der Waals surface area contributed by atoms with Crippen LogP contribution < -0.4 is 35.8 Å². The molecule has 3 aromatic carbocycles. The molecular formula is C41H46F2N10O4S. The fraction of sp³-hybridized carbons (Fsp3) is 0.366. The van der Waals surface area contributed by atoms with Gasteiger partial charge in [0.15, 0.2) is 0 Å². The summed E-state index contributed by atoms with van der Waals surface area (Å²) in [6.45, 7) is 3.97. The Labute approximate surface area is 335 Å². The fourth-order valence-electron chi connectivity index (χ4n) is 8.09. The van der Waals surface area contributed by atoms with E-state index in [1.807, 2.05) is 30.3 Å².